The van der Waals surface area contributed by atoms with E-state index in [-0.39, 0.29) is 12.3 Å². The van der Waals surface area contributed by atoms with E-state index < -0.39 is 5.97 Å². The van der Waals surface area contributed by atoms with E-state index in [1.165, 1.54) is 4.80 Å². The van der Waals surface area contributed by atoms with Crippen LogP contribution < -0.4 is 4.74 Å². The van der Waals surface area contributed by atoms with Gasteiger partial charge in [-0.25, -0.2) is 9.78 Å². The SMILES string of the molecule is Cc1cccc(-n2nc(Cc3cccc(OCc4nc(-c5ccccc5)oc4C)c3)c(C(=O)O)n2)c1. The summed E-state index contributed by atoms with van der Waals surface area (Å²) in [6, 6.07) is 24.8. The van der Waals surface area contributed by atoms with Gasteiger partial charge in [0.05, 0.1) is 5.69 Å². The molecule has 0 radical (unpaired) electrons. The Bertz CT molecular complexity index is 1520. The zero-order valence-corrected chi connectivity index (χ0v) is 19.9. The maximum absolute atomic E-state index is 11.8. The summed E-state index contributed by atoms with van der Waals surface area (Å²) in [5.74, 6) is 0.772. The highest BCUT2D eigenvalue weighted by Crippen LogP contribution is 2.24. The molecular weight excluding hydrogens is 456 g/mol. The summed E-state index contributed by atoms with van der Waals surface area (Å²) >= 11 is 0. The van der Waals surface area contributed by atoms with Gasteiger partial charge in [0, 0.05) is 12.0 Å². The molecule has 0 aliphatic rings. The lowest BCUT2D eigenvalue weighted by molar-refractivity contribution is 0.0689. The number of hydrogen-bond donors (Lipinski definition) is 1. The number of ether oxygens (including phenoxy) is 1. The van der Waals surface area contributed by atoms with Crippen LogP contribution in [0.25, 0.3) is 17.1 Å². The molecule has 0 aliphatic carbocycles. The topological polar surface area (TPSA) is 103 Å². The number of aryl methyl sites for hydroxylation is 2. The summed E-state index contributed by atoms with van der Waals surface area (Å²) in [5, 5.41) is 18.4. The number of aromatic carboxylic acids is 1. The number of carboxylic acid groups (broad SMARTS) is 1. The minimum Gasteiger partial charge on any atom is -0.487 e. The van der Waals surface area contributed by atoms with Crippen molar-refractivity contribution in [3.05, 3.63) is 113 Å². The minimum atomic E-state index is -1.12. The van der Waals surface area contributed by atoms with Gasteiger partial charge in [-0.05, 0) is 61.4 Å². The van der Waals surface area contributed by atoms with Gasteiger partial charge in [-0.2, -0.15) is 9.90 Å². The minimum absolute atomic E-state index is 0.0745. The van der Waals surface area contributed by atoms with Crippen LogP contribution in [-0.4, -0.2) is 31.1 Å². The van der Waals surface area contributed by atoms with Crippen molar-refractivity contribution in [3.8, 4) is 22.9 Å². The molecule has 0 atom stereocenters. The van der Waals surface area contributed by atoms with Gasteiger partial charge in [0.25, 0.3) is 0 Å². The Balaban J connectivity index is 1.33. The number of carboxylic acids is 1. The van der Waals surface area contributed by atoms with Crippen LogP contribution in [0.1, 0.15) is 38.8 Å². The highest BCUT2D eigenvalue weighted by molar-refractivity contribution is 5.86. The molecule has 5 rings (SSSR count). The average molecular weight is 481 g/mol. The largest absolute Gasteiger partial charge is 0.487 e. The smallest absolute Gasteiger partial charge is 0.358 e. The summed E-state index contributed by atoms with van der Waals surface area (Å²) in [6.45, 7) is 4.07. The first kappa shape index (κ1) is 23.0. The van der Waals surface area contributed by atoms with Gasteiger partial charge in [0.15, 0.2) is 5.69 Å². The Morgan fingerprint density at radius 1 is 0.944 bits per heavy atom. The lowest BCUT2D eigenvalue weighted by Crippen LogP contribution is -2.03. The fourth-order valence-electron chi connectivity index (χ4n) is 3.85. The monoisotopic (exact) mass is 480 g/mol. The quantitative estimate of drug-likeness (QED) is 0.317. The summed E-state index contributed by atoms with van der Waals surface area (Å²) in [6.07, 6.45) is 0.297. The number of hydrogen-bond acceptors (Lipinski definition) is 6. The van der Waals surface area contributed by atoms with Crippen molar-refractivity contribution < 1.29 is 19.1 Å². The van der Waals surface area contributed by atoms with Crippen LogP contribution in [-0.2, 0) is 13.0 Å². The molecule has 0 spiro atoms. The molecule has 0 bridgehead atoms. The summed E-state index contributed by atoms with van der Waals surface area (Å²) < 4.78 is 11.8. The van der Waals surface area contributed by atoms with E-state index in [2.05, 4.69) is 15.2 Å². The maximum Gasteiger partial charge on any atom is 0.358 e. The van der Waals surface area contributed by atoms with Crippen molar-refractivity contribution in [2.45, 2.75) is 26.9 Å². The number of oxazole rings is 1. The first-order valence-electron chi connectivity index (χ1n) is 11.5. The van der Waals surface area contributed by atoms with E-state index >= 15 is 0 Å². The molecule has 2 heterocycles. The van der Waals surface area contributed by atoms with Crippen LogP contribution in [0.5, 0.6) is 5.75 Å². The fourth-order valence-corrected chi connectivity index (χ4v) is 3.85. The zero-order chi connectivity index (χ0) is 25.1. The van der Waals surface area contributed by atoms with E-state index in [9.17, 15) is 9.90 Å². The molecule has 8 heteroatoms. The predicted molar refractivity (Wildman–Crippen MR) is 133 cm³/mol. The molecule has 0 saturated heterocycles. The maximum atomic E-state index is 11.8. The molecular formula is C28H24N4O4. The molecule has 36 heavy (non-hydrogen) atoms. The van der Waals surface area contributed by atoms with E-state index in [1.807, 2.05) is 92.7 Å². The number of carbonyl (C=O) groups is 1. The Kier molecular flexibility index (Phi) is 6.32. The molecule has 0 aliphatic heterocycles. The predicted octanol–water partition coefficient (Wildman–Crippen LogP) is 5.41. The number of aromatic nitrogens is 4. The van der Waals surface area contributed by atoms with Crippen molar-refractivity contribution >= 4 is 5.97 Å². The second-order valence-corrected chi connectivity index (χ2v) is 8.43. The van der Waals surface area contributed by atoms with Gasteiger partial charge in [-0.1, -0.05) is 42.5 Å². The van der Waals surface area contributed by atoms with Crippen LogP contribution in [0.2, 0.25) is 0 Å². The molecule has 1 N–H and O–H groups in total. The summed E-state index contributed by atoms with van der Waals surface area (Å²) in [4.78, 5) is 17.8. The number of rotatable bonds is 8. The third-order valence-corrected chi connectivity index (χ3v) is 5.68. The normalized spacial score (nSPS) is 10.9. The van der Waals surface area contributed by atoms with E-state index in [0.717, 1.165) is 16.7 Å². The third-order valence-electron chi connectivity index (χ3n) is 5.68. The van der Waals surface area contributed by atoms with Crippen LogP contribution in [0.4, 0.5) is 0 Å². The van der Waals surface area contributed by atoms with Crippen molar-refractivity contribution in [2.75, 3.05) is 0 Å². The molecule has 180 valence electrons. The lowest BCUT2D eigenvalue weighted by atomic mass is 10.1. The van der Waals surface area contributed by atoms with Gasteiger partial charge in [0.1, 0.15) is 29.5 Å². The molecule has 5 aromatic rings. The van der Waals surface area contributed by atoms with Gasteiger partial charge >= 0.3 is 5.97 Å². The highest BCUT2D eigenvalue weighted by atomic mass is 16.5. The molecule has 0 amide bonds. The van der Waals surface area contributed by atoms with Crippen LogP contribution in [0.3, 0.4) is 0 Å². The molecule has 0 fully saturated rings. The fraction of sp³-hybridized carbons (Fsp3) is 0.143. The molecule has 0 saturated carbocycles. The second-order valence-electron chi connectivity index (χ2n) is 8.43. The Hall–Kier alpha value is -4.72. The Morgan fingerprint density at radius 2 is 1.75 bits per heavy atom. The van der Waals surface area contributed by atoms with E-state index in [1.54, 1.807) is 0 Å². The van der Waals surface area contributed by atoms with Gasteiger partial charge < -0.3 is 14.3 Å². The third kappa shape index (κ3) is 5.02. The van der Waals surface area contributed by atoms with Crippen LogP contribution in [0, 0.1) is 13.8 Å². The highest BCUT2D eigenvalue weighted by Gasteiger charge is 2.19. The first-order chi connectivity index (χ1) is 17.5. The van der Waals surface area contributed by atoms with Gasteiger partial charge in [-0.3, -0.25) is 0 Å². The Labute approximate surface area is 207 Å². The summed E-state index contributed by atoms with van der Waals surface area (Å²) in [5.41, 5.74) is 4.52. The number of benzene rings is 3. The molecule has 0 unspecified atom stereocenters. The van der Waals surface area contributed by atoms with Crippen molar-refractivity contribution in [3.63, 3.8) is 0 Å². The first-order valence-corrected chi connectivity index (χ1v) is 11.5. The van der Waals surface area contributed by atoms with E-state index in [0.29, 0.717) is 40.9 Å². The standard InChI is InChI=1S/C28H24N4O4/c1-18-8-6-12-22(14-18)32-30-24(26(31-32)28(33)34)16-20-9-7-13-23(15-20)35-17-25-19(2)36-27(29-25)21-10-4-3-5-11-21/h3-15H,16-17H2,1-2H3,(H,33,34). The van der Waals surface area contributed by atoms with E-state index in [4.69, 9.17) is 9.15 Å². The van der Waals surface area contributed by atoms with Crippen LogP contribution >= 0.6 is 0 Å². The molecule has 8 nitrogen and oxygen atoms in total. The lowest BCUT2D eigenvalue weighted by Gasteiger charge is -2.07. The van der Waals surface area contributed by atoms with Gasteiger partial charge in [-0.15, -0.1) is 5.10 Å². The van der Waals surface area contributed by atoms with Crippen molar-refractivity contribution in [1.82, 2.24) is 20.0 Å². The zero-order valence-electron chi connectivity index (χ0n) is 19.9. The van der Waals surface area contributed by atoms with Crippen molar-refractivity contribution in [2.24, 2.45) is 0 Å². The molecule has 2 aromatic heterocycles. The molecule has 3 aromatic carbocycles. The second kappa shape index (κ2) is 9.87. The summed E-state index contributed by atoms with van der Waals surface area (Å²) in [7, 11) is 0. The van der Waals surface area contributed by atoms with Gasteiger partial charge in [0.2, 0.25) is 5.89 Å². The Morgan fingerprint density at radius 3 is 2.53 bits per heavy atom. The van der Waals surface area contributed by atoms with Crippen molar-refractivity contribution in [1.29, 1.82) is 0 Å². The number of nitrogens with zero attached hydrogens (tertiary/aromatic N) is 4. The van der Waals surface area contributed by atoms with Crippen LogP contribution in [0.15, 0.2) is 83.3 Å². The average Bonchev–Trinajstić information content (AvgIpc) is 3.47.